The third kappa shape index (κ3) is 3.79. The molecule has 1 aromatic rings. The lowest BCUT2D eigenvalue weighted by Crippen LogP contribution is -2.60. The van der Waals surface area contributed by atoms with Crippen molar-refractivity contribution in [1.82, 2.24) is 9.80 Å². The molecular formula is C22H31FN2O3. The van der Waals surface area contributed by atoms with E-state index in [1.807, 2.05) is 11.8 Å². The van der Waals surface area contributed by atoms with Gasteiger partial charge in [-0.2, -0.15) is 0 Å². The number of benzene rings is 1. The van der Waals surface area contributed by atoms with Crippen molar-refractivity contribution in [1.29, 1.82) is 0 Å². The Bertz CT molecular complexity index is 738. The lowest BCUT2D eigenvalue weighted by molar-refractivity contribution is -0.148. The monoisotopic (exact) mass is 390 g/mol. The number of piperidine rings is 1. The molecule has 28 heavy (non-hydrogen) atoms. The first-order valence-corrected chi connectivity index (χ1v) is 10.3. The molecule has 0 bridgehead atoms. The van der Waals surface area contributed by atoms with Crippen molar-refractivity contribution < 1.29 is 18.7 Å². The van der Waals surface area contributed by atoms with E-state index in [1.165, 1.54) is 6.07 Å². The van der Waals surface area contributed by atoms with Crippen LogP contribution in [0.5, 0.6) is 0 Å². The first-order valence-electron chi connectivity index (χ1n) is 10.3. The number of carbonyl (C=O) groups excluding carboxylic acids is 2. The molecule has 2 fully saturated rings. The van der Waals surface area contributed by atoms with E-state index in [4.69, 9.17) is 4.74 Å². The smallest absolute Gasteiger partial charge is 0.254 e. The number of halogens is 1. The second-order valence-electron chi connectivity index (χ2n) is 8.07. The Hall–Kier alpha value is -1.95. The maximum atomic E-state index is 13.9. The van der Waals surface area contributed by atoms with Gasteiger partial charge < -0.3 is 14.5 Å². The van der Waals surface area contributed by atoms with Gasteiger partial charge in [0.25, 0.3) is 11.8 Å². The molecule has 6 heteroatoms. The highest BCUT2D eigenvalue weighted by molar-refractivity contribution is 5.96. The van der Waals surface area contributed by atoms with E-state index in [2.05, 4.69) is 0 Å². The summed E-state index contributed by atoms with van der Waals surface area (Å²) in [5.41, 5.74) is 0.471. The van der Waals surface area contributed by atoms with Crippen LogP contribution in [0, 0.1) is 12.7 Å². The minimum absolute atomic E-state index is 0.0399. The predicted molar refractivity (Wildman–Crippen MR) is 106 cm³/mol. The standard InChI is InChI=1S/C22H31FN2O3/c1-4-8-19(28-3)21(27)25-14-7-12-22(25)11-6-13-24(15-22)20(26)17-9-5-10-18(23)16(17)2/h5,9-10,19H,4,6-8,11-15H2,1-3H3. The summed E-state index contributed by atoms with van der Waals surface area (Å²) in [6.45, 7) is 5.55. The molecule has 2 aliphatic rings. The van der Waals surface area contributed by atoms with Crippen LogP contribution in [-0.4, -0.2) is 60.0 Å². The lowest BCUT2D eigenvalue weighted by atomic mass is 9.85. The van der Waals surface area contributed by atoms with Gasteiger partial charge in [-0.1, -0.05) is 19.4 Å². The quantitative estimate of drug-likeness (QED) is 0.773. The second-order valence-corrected chi connectivity index (χ2v) is 8.07. The SMILES string of the molecule is CCCC(OC)C(=O)N1CCCC12CCCN(C(=O)c1cccc(F)c1C)C2. The van der Waals surface area contributed by atoms with Crippen molar-refractivity contribution in [3.8, 4) is 0 Å². The summed E-state index contributed by atoms with van der Waals surface area (Å²) in [6, 6.07) is 4.64. The molecule has 154 valence electrons. The van der Waals surface area contributed by atoms with Gasteiger partial charge in [-0.25, -0.2) is 4.39 Å². The average molecular weight is 390 g/mol. The molecule has 0 aliphatic carbocycles. The summed E-state index contributed by atoms with van der Waals surface area (Å²) in [5.74, 6) is -0.469. The highest BCUT2D eigenvalue weighted by atomic mass is 19.1. The maximum absolute atomic E-state index is 13.9. The molecule has 1 spiro atoms. The lowest BCUT2D eigenvalue weighted by Gasteiger charge is -2.46. The molecule has 5 nitrogen and oxygen atoms in total. The molecule has 2 heterocycles. The zero-order valence-corrected chi connectivity index (χ0v) is 17.2. The molecule has 1 aromatic carbocycles. The van der Waals surface area contributed by atoms with Gasteiger partial charge in [0.1, 0.15) is 11.9 Å². The van der Waals surface area contributed by atoms with E-state index in [9.17, 15) is 14.0 Å². The number of methoxy groups -OCH3 is 1. The summed E-state index contributed by atoms with van der Waals surface area (Å²) in [4.78, 5) is 30.0. The Morgan fingerprint density at radius 1 is 1.25 bits per heavy atom. The van der Waals surface area contributed by atoms with Crippen molar-refractivity contribution in [2.24, 2.45) is 0 Å². The van der Waals surface area contributed by atoms with E-state index in [0.29, 0.717) is 37.2 Å². The Balaban J connectivity index is 1.81. The third-order valence-electron chi connectivity index (χ3n) is 6.31. The maximum Gasteiger partial charge on any atom is 0.254 e. The average Bonchev–Trinajstić information content (AvgIpc) is 3.09. The predicted octanol–water partition coefficient (Wildman–Crippen LogP) is 3.55. The number of nitrogens with zero attached hydrogens (tertiary/aromatic N) is 2. The molecule has 2 amide bonds. The van der Waals surface area contributed by atoms with Crippen LogP contribution in [0.1, 0.15) is 61.4 Å². The Kier molecular flexibility index (Phi) is 6.38. The van der Waals surface area contributed by atoms with Gasteiger partial charge in [-0.05, 0) is 56.7 Å². The molecule has 2 aliphatic heterocycles. The molecule has 0 aromatic heterocycles. The number of hydrogen-bond acceptors (Lipinski definition) is 3. The van der Waals surface area contributed by atoms with Crippen molar-refractivity contribution in [2.45, 2.75) is 64.0 Å². The molecule has 2 saturated heterocycles. The fraction of sp³-hybridized carbons (Fsp3) is 0.636. The Labute approximate surface area is 166 Å². The van der Waals surface area contributed by atoms with Crippen LogP contribution in [0.15, 0.2) is 18.2 Å². The first kappa shape index (κ1) is 20.8. The number of amides is 2. The minimum Gasteiger partial charge on any atom is -0.372 e. The molecule has 3 rings (SSSR count). The van der Waals surface area contributed by atoms with E-state index < -0.39 is 6.10 Å². The van der Waals surface area contributed by atoms with Crippen molar-refractivity contribution in [3.63, 3.8) is 0 Å². The van der Waals surface area contributed by atoms with Gasteiger partial charge in [-0.3, -0.25) is 9.59 Å². The molecule has 2 atom stereocenters. The van der Waals surface area contributed by atoms with Crippen LogP contribution >= 0.6 is 0 Å². The minimum atomic E-state index is -0.420. The normalized spacial score (nSPS) is 23.3. The number of ether oxygens (including phenoxy) is 1. The van der Waals surface area contributed by atoms with Gasteiger partial charge in [0.2, 0.25) is 0 Å². The summed E-state index contributed by atoms with van der Waals surface area (Å²) in [5, 5.41) is 0. The van der Waals surface area contributed by atoms with E-state index in [-0.39, 0.29) is 23.2 Å². The molecule has 0 saturated carbocycles. The van der Waals surface area contributed by atoms with Crippen LogP contribution < -0.4 is 0 Å². The Morgan fingerprint density at radius 3 is 2.64 bits per heavy atom. The van der Waals surface area contributed by atoms with Crippen LogP contribution in [0.3, 0.4) is 0 Å². The van der Waals surface area contributed by atoms with Crippen molar-refractivity contribution in [3.05, 3.63) is 35.1 Å². The number of hydrogen-bond donors (Lipinski definition) is 0. The van der Waals surface area contributed by atoms with Gasteiger partial charge in [0.05, 0.1) is 5.54 Å². The third-order valence-corrected chi connectivity index (χ3v) is 6.31. The second kappa shape index (κ2) is 8.60. The Morgan fingerprint density at radius 2 is 1.96 bits per heavy atom. The van der Waals surface area contributed by atoms with Crippen LogP contribution in [0.25, 0.3) is 0 Å². The van der Waals surface area contributed by atoms with Crippen molar-refractivity contribution >= 4 is 11.8 Å². The van der Waals surface area contributed by atoms with Gasteiger partial charge >= 0.3 is 0 Å². The van der Waals surface area contributed by atoms with E-state index >= 15 is 0 Å². The van der Waals surface area contributed by atoms with Crippen LogP contribution in [-0.2, 0) is 9.53 Å². The molecule has 0 N–H and O–H groups in total. The van der Waals surface area contributed by atoms with Crippen LogP contribution in [0.2, 0.25) is 0 Å². The topological polar surface area (TPSA) is 49.9 Å². The number of rotatable bonds is 5. The molecule has 0 radical (unpaired) electrons. The molecular weight excluding hydrogens is 359 g/mol. The fourth-order valence-electron chi connectivity index (χ4n) is 4.78. The van der Waals surface area contributed by atoms with Gasteiger partial charge in [0.15, 0.2) is 0 Å². The largest absolute Gasteiger partial charge is 0.372 e. The number of likely N-dealkylation sites (tertiary alicyclic amines) is 2. The van der Waals surface area contributed by atoms with Crippen LogP contribution in [0.4, 0.5) is 4.39 Å². The summed E-state index contributed by atoms with van der Waals surface area (Å²) >= 11 is 0. The van der Waals surface area contributed by atoms with Crippen molar-refractivity contribution in [2.75, 3.05) is 26.7 Å². The zero-order chi connectivity index (χ0) is 20.3. The zero-order valence-electron chi connectivity index (χ0n) is 17.2. The first-order chi connectivity index (χ1) is 13.4. The summed E-state index contributed by atoms with van der Waals surface area (Å²) < 4.78 is 19.4. The van der Waals surface area contributed by atoms with E-state index in [0.717, 1.165) is 32.1 Å². The highest BCUT2D eigenvalue weighted by Crippen LogP contribution is 2.38. The summed E-state index contributed by atoms with van der Waals surface area (Å²) in [7, 11) is 1.59. The summed E-state index contributed by atoms with van der Waals surface area (Å²) in [6.07, 6.45) is 4.74. The molecule has 2 unspecified atom stereocenters. The number of carbonyl (C=O) groups is 2. The fourth-order valence-corrected chi connectivity index (χ4v) is 4.78. The van der Waals surface area contributed by atoms with E-state index in [1.54, 1.807) is 31.1 Å². The van der Waals surface area contributed by atoms with Gasteiger partial charge in [-0.15, -0.1) is 0 Å². The highest BCUT2D eigenvalue weighted by Gasteiger charge is 2.48. The van der Waals surface area contributed by atoms with Gasteiger partial charge in [0, 0.05) is 32.3 Å².